The molecule has 7 heteroatoms. The van der Waals surface area contributed by atoms with Crippen LogP contribution in [0.15, 0.2) is 85.1 Å². The number of halogens is 2. The summed E-state index contributed by atoms with van der Waals surface area (Å²) in [4.78, 5) is 21.1. The number of anilines is 2. The number of hydrogen-bond acceptors (Lipinski definition) is 4. The lowest BCUT2D eigenvalue weighted by atomic mass is 10.1. The van der Waals surface area contributed by atoms with Crippen LogP contribution in [0.25, 0.3) is 11.3 Å². The van der Waals surface area contributed by atoms with Gasteiger partial charge in [-0.2, -0.15) is 0 Å². The van der Waals surface area contributed by atoms with Crippen molar-refractivity contribution in [2.75, 3.05) is 5.32 Å². The Labute approximate surface area is 184 Å². The predicted molar refractivity (Wildman–Crippen MR) is 120 cm³/mol. The molecule has 0 unspecified atom stereocenters. The van der Waals surface area contributed by atoms with E-state index in [4.69, 9.17) is 11.6 Å². The van der Waals surface area contributed by atoms with Crippen molar-refractivity contribution < 1.29 is 9.18 Å². The van der Waals surface area contributed by atoms with Crippen LogP contribution in [-0.2, 0) is 6.54 Å². The molecule has 0 atom stereocenters. The molecule has 154 valence electrons. The van der Waals surface area contributed by atoms with Gasteiger partial charge in [-0.15, -0.1) is 0 Å². The van der Waals surface area contributed by atoms with Gasteiger partial charge < -0.3 is 10.6 Å². The van der Waals surface area contributed by atoms with Crippen molar-refractivity contribution in [1.29, 1.82) is 0 Å². The minimum Gasteiger partial charge on any atom is -0.348 e. The number of carbonyl (C=O) groups is 1. The quantitative estimate of drug-likeness (QED) is 0.415. The first kappa shape index (κ1) is 20.5. The van der Waals surface area contributed by atoms with Gasteiger partial charge in [-0.3, -0.25) is 4.79 Å². The summed E-state index contributed by atoms with van der Waals surface area (Å²) in [5.74, 6) is -0.0707. The Bertz CT molecular complexity index is 1180. The van der Waals surface area contributed by atoms with Crippen LogP contribution < -0.4 is 10.6 Å². The van der Waals surface area contributed by atoms with E-state index in [1.165, 1.54) is 12.1 Å². The zero-order valence-electron chi connectivity index (χ0n) is 16.3. The van der Waals surface area contributed by atoms with Gasteiger partial charge >= 0.3 is 0 Å². The highest BCUT2D eigenvalue weighted by Gasteiger charge is 2.07. The number of rotatable bonds is 6. The van der Waals surface area contributed by atoms with Gasteiger partial charge in [-0.25, -0.2) is 14.4 Å². The van der Waals surface area contributed by atoms with Gasteiger partial charge in [0.25, 0.3) is 5.91 Å². The summed E-state index contributed by atoms with van der Waals surface area (Å²) in [6.07, 6.45) is 1.68. The lowest BCUT2D eigenvalue weighted by Crippen LogP contribution is -2.22. The Kier molecular flexibility index (Phi) is 6.19. The topological polar surface area (TPSA) is 66.9 Å². The molecule has 1 heterocycles. The van der Waals surface area contributed by atoms with Crippen LogP contribution in [0.1, 0.15) is 15.9 Å². The highest BCUT2D eigenvalue weighted by atomic mass is 35.5. The lowest BCUT2D eigenvalue weighted by Gasteiger charge is -2.09. The van der Waals surface area contributed by atoms with Gasteiger partial charge in [0.05, 0.1) is 5.69 Å². The smallest absolute Gasteiger partial charge is 0.251 e. The summed E-state index contributed by atoms with van der Waals surface area (Å²) in [5.41, 5.74) is 3.80. The molecule has 0 fully saturated rings. The van der Waals surface area contributed by atoms with Crippen LogP contribution in [-0.4, -0.2) is 15.9 Å². The largest absolute Gasteiger partial charge is 0.348 e. The summed E-state index contributed by atoms with van der Waals surface area (Å²) in [6.45, 7) is 0.324. The molecule has 0 bridgehead atoms. The molecule has 3 aromatic carbocycles. The molecule has 0 radical (unpaired) electrons. The average Bonchev–Trinajstić information content (AvgIpc) is 2.80. The molecule has 0 saturated heterocycles. The van der Waals surface area contributed by atoms with E-state index in [-0.39, 0.29) is 11.7 Å². The second-order valence-electron chi connectivity index (χ2n) is 6.78. The Morgan fingerprint density at radius 1 is 0.903 bits per heavy atom. The fourth-order valence-electron chi connectivity index (χ4n) is 2.92. The maximum atomic E-state index is 13.0. The molecule has 0 saturated carbocycles. The van der Waals surface area contributed by atoms with Crippen molar-refractivity contribution in [2.45, 2.75) is 6.54 Å². The van der Waals surface area contributed by atoms with Gasteiger partial charge in [0.15, 0.2) is 0 Å². The molecule has 0 aliphatic carbocycles. The second-order valence-corrected chi connectivity index (χ2v) is 7.22. The summed E-state index contributed by atoms with van der Waals surface area (Å²) < 4.78 is 13.0. The maximum Gasteiger partial charge on any atom is 0.251 e. The molecule has 1 aromatic heterocycles. The van der Waals surface area contributed by atoms with Gasteiger partial charge in [0, 0.05) is 34.6 Å². The third-order valence-electron chi connectivity index (χ3n) is 4.57. The van der Waals surface area contributed by atoms with Gasteiger partial charge in [-0.05, 0) is 60.2 Å². The van der Waals surface area contributed by atoms with Crippen molar-refractivity contribution in [3.8, 4) is 11.3 Å². The monoisotopic (exact) mass is 432 g/mol. The summed E-state index contributed by atoms with van der Waals surface area (Å²) in [6, 6.07) is 22.2. The minimum absolute atomic E-state index is 0.211. The first-order chi connectivity index (χ1) is 15.1. The van der Waals surface area contributed by atoms with E-state index in [0.29, 0.717) is 23.1 Å². The summed E-state index contributed by atoms with van der Waals surface area (Å²) in [7, 11) is 0. The Hall–Kier alpha value is -3.77. The van der Waals surface area contributed by atoms with E-state index in [1.807, 2.05) is 30.3 Å². The molecule has 2 N–H and O–H groups in total. The lowest BCUT2D eigenvalue weighted by molar-refractivity contribution is 0.0951. The molecular formula is C24H18ClFN4O. The molecule has 0 aliphatic rings. The number of aromatic nitrogens is 2. The first-order valence-electron chi connectivity index (χ1n) is 9.55. The minimum atomic E-state index is -0.305. The van der Waals surface area contributed by atoms with Crippen LogP contribution in [0.5, 0.6) is 0 Å². The van der Waals surface area contributed by atoms with Gasteiger partial charge in [0.1, 0.15) is 5.82 Å². The Balaban J connectivity index is 1.39. The fraction of sp³-hybridized carbons (Fsp3) is 0.0417. The standard InChI is InChI=1S/C24H18ClFN4O/c25-19-7-3-17(4-8-19)22-13-14-27-24(30-22)29-21-11-5-18(6-12-21)23(31)28-15-16-1-9-20(26)10-2-16/h1-14H,15H2,(H,28,31)(H,27,29,30). The van der Waals surface area contributed by atoms with E-state index in [9.17, 15) is 9.18 Å². The van der Waals surface area contributed by atoms with Crippen LogP contribution in [0.4, 0.5) is 16.0 Å². The predicted octanol–water partition coefficient (Wildman–Crippen LogP) is 5.61. The van der Waals surface area contributed by atoms with Crippen molar-refractivity contribution in [3.63, 3.8) is 0 Å². The third kappa shape index (κ3) is 5.43. The van der Waals surface area contributed by atoms with E-state index in [0.717, 1.165) is 22.5 Å². The first-order valence-corrected chi connectivity index (χ1v) is 9.93. The molecule has 31 heavy (non-hydrogen) atoms. The van der Waals surface area contributed by atoms with E-state index in [1.54, 1.807) is 42.6 Å². The van der Waals surface area contributed by atoms with Crippen molar-refractivity contribution in [3.05, 3.63) is 107 Å². The molecule has 4 aromatic rings. The van der Waals surface area contributed by atoms with Gasteiger partial charge in [-0.1, -0.05) is 35.9 Å². The average molecular weight is 433 g/mol. The van der Waals surface area contributed by atoms with Crippen molar-refractivity contribution in [1.82, 2.24) is 15.3 Å². The molecule has 4 rings (SSSR count). The van der Waals surface area contributed by atoms with Crippen molar-refractivity contribution >= 4 is 29.1 Å². The number of benzene rings is 3. The normalized spacial score (nSPS) is 10.5. The SMILES string of the molecule is O=C(NCc1ccc(F)cc1)c1ccc(Nc2nccc(-c3ccc(Cl)cc3)n2)cc1. The van der Waals surface area contributed by atoms with Crippen LogP contribution in [0.3, 0.4) is 0 Å². The maximum absolute atomic E-state index is 13.0. The number of hydrogen-bond donors (Lipinski definition) is 2. The Morgan fingerprint density at radius 2 is 1.61 bits per heavy atom. The van der Waals surface area contributed by atoms with E-state index < -0.39 is 0 Å². The molecule has 5 nitrogen and oxygen atoms in total. The van der Waals surface area contributed by atoms with E-state index in [2.05, 4.69) is 20.6 Å². The highest BCUT2D eigenvalue weighted by Crippen LogP contribution is 2.21. The van der Waals surface area contributed by atoms with Crippen LogP contribution >= 0.6 is 11.6 Å². The number of nitrogens with one attached hydrogen (secondary N) is 2. The van der Waals surface area contributed by atoms with Crippen LogP contribution in [0, 0.1) is 5.82 Å². The molecule has 0 spiro atoms. The molecule has 1 amide bonds. The number of nitrogens with zero attached hydrogens (tertiary/aromatic N) is 2. The van der Waals surface area contributed by atoms with E-state index >= 15 is 0 Å². The number of carbonyl (C=O) groups excluding carboxylic acids is 1. The second kappa shape index (κ2) is 9.36. The van der Waals surface area contributed by atoms with Crippen LogP contribution in [0.2, 0.25) is 5.02 Å². The molecule has 0 aliphatic heterocycles. The van der Waals surface area contributed by atoms with Crippen molar-refractivity contribution in [2.24, 2.45) is 0 Å². The third-order valence-corrected chi connectivity index (χ3v) is 4.82. The summed E-state index contributed by atoms with van der Waals surface area (Å²) in [5, 5.41) is 6.62. The molecular weight excluding hydrogens is 415 g/mol. The zero-order valence-corrected chi connectivity index (χ0v) is 17.1. The number of amides is 1. The Morgan fingerprint density at radius 3 is 2.32 bits per heavy atom. The fourth-order valence-corrected chi connectivity index (χ4v) is 3.05. The van der Waals surface area contributed by atoms with Gasteiger partial charge in [0.2, 0.25) is 5.95 Å². The zero-order chi connectivity index (χ0) is 21.6. The highest BCUT2D eigenvalue weighted by molar-refractivity contribution is 6.30. The summed E-state index contributed by atoms with van der Waals surface area (Å²) >= 11 is 5.94.